The van der Waals surface area contributed by atoms with Gasteiger partial charge in [-0.25, -0.2) is 4.98 Å². The van der Waals surface area contributed by atoms with E-state index in [4.69, 9.17) is 0 Å². The predicted molar refractivity (Wildman–Crippen MR) is 78.1 cm³/mol. The number of amides is 1. The number of likely N-dealkylation sites (N-methyl/N-ethyl adjacent to an activating group) is 1. The van der Waals surface area contributed by atoms with Crippen LogP contribution in [0.15, 0.2) is 60.3 Å². The first-order valence-electron chi connectivity index (χ1n) is 6.13. The molecule has 0 aliphatic carbocycles. The molecule has 4 nitrogen and oxygen atoms in total. The summed E-state index contributed by atoms with van der Waals surface area (Å²) in [6, 6.07) is 14.5. The molecule has 0 unspecified atom stereocenters. The minimum atomic E-state index is -0.387. The summed E-state index contributed by atoms with van der Waals surface area (Å²) in [6.45, 7) is 0. The van der Waals surface area contributed by atoms with E-state index in [1.807, 2.05) is 30.3 Å². The van der Waals surface area contributed by atoms with Gasteiger partial charge in [-0.2, -0.15) is 0 Å². The van der Waals surface area contributed by atoms with Crippen molar-refractivity contribution in [3.8, 4) is 0 Å². The number of hydrogen-bond acceptors (Lipinski definition) is 3. The number of carbonyl (C=O) groups is 2. The first-order chi connectivity index (χ1) is 9.72. The van der Waals surface area contributed by atoms with Crippen molar-refractivity contribution >= 4 is 24.1 Å². The van der Waals surface area contributed by atoms with Gasteiger partial charge >= 0.3 is 0 Å². The standard InChI is InChI=1S/C16H14N2O2/c1-18(15-9-5-6-10-17-15)16(20)14(12-19)11-13-7-3-2-4-8-13/h2-12H,1H3. The Labute approximate surface area is 117 Å². The van der Waals surface area contributed by atoms with E-state index in [1.54, 1.807) is 37.5 Å². The average molecular weight is 266 g/mol. The van der Waals surface area contributed by atoms with E-state index < -0.39 is 0 Å². The van der Waals surface area contributed by atoms with Crippen LogP contribution in [-0.2, 0) is 9.59 Å². The molecule has 0 saturated heterocycles. The summed E-state index contributed by atoms with van der Waals surface area (Å²) in [7, 11) is 1.59. The lowest BCUT2D eigenvalue weighted by Gasteiger charge is -2.15. The van der Waals surface area contributed by atoms with E-state index >= 15 is 0 Å². The summed E-state index contributed by atoms with van der Waals surface area (Å²) in [5.41, 5.74) is 0.890. The maximum atomic E-state index is 12.3. The number of hydrogen-bond donors (Lipinski definition) is 0. The second-order valence-electron chi connectivity index (χ2n) is 4.18. The average Bonchev–Trinajstić information content (AvgIpc) is 2.53. The smallest absolute Gasteiger partial charge is 0.262 e. The molecule has 0 atom stereocenters. The molecule has 0 N–H and O–H groups in total. The van der Waals surface area contributed by atoms with Crippen LogP contribution in [0.3, 0.4) is 0 Å². The van der Waals surface area contributed by atoms with E-state index in [0.29, 0.717) is 12.1 Å². The Morgan fingerprint density at radius 1 is 1.10 bits per heavy atom. The molecule has 0 radical (unpaired) electrons. The van der Waals surface area contributed by atoms with Crippen LogP contribution in [0.25, 0.3) is 6.08 Å². The van der Waals surface area contributed by atoms with Gasteiger partial charge in [0.25, 0.3) is 5.91 Å². The normalized spacial score (nSPS) is 10.9. The van der Waals surface area contributed by atoms with E-state index in [1.165, 1.54) is 4.90 Å². The van der Waals surface area contributed by atoms with Gasteiger partial charge in [-0.05, 0) is 23.8 Å². The molecule has 1 heterocycles. The predicted octanol–water partition coefficient (Wildman–Crippen LogP) is 2.33. The third-order valence-electron chi connectivity index (χ3n) is 2.79. The van der Waals surface area contributed by atoms with Crippen LogP contribution in [0.4, 0.5) is 5.82 Å². The minimum Gasteiger partial charge on any atom is -0.298 e. The number of benzene rings is 1. The molecule has 0 bridgehead atoms. The van der Waals surface area contributed by atoms with Crippen molar-refractivity contribution in [3.05, 3.63) is 65.9 Å². The fourth-order valence-corrected chi connectivity index (χ4v) is 1.72. The molecular formula is C16H14N2O2. The fraction of sp³-hybridized carbons (Fsp3) is 0.0625. The van der Waals surface area contributed by atoms with Gasteiger partial charge < -0.3 is 0 Å². The van der Waals surface area contributed by atoms with Crippen molar-refractivity contribution in [1.82, 2.24) is 4.98 Å². The molecule has 2 rings (SSSR count). The highest BCUT2D eigenvalue weighted by Gasteiger charge is 2.16. The fourth-order valence-electron chi connectivity index (χ4n) is 1.72. The topological polar surface area (TPSA) is 50.3 Å². The number of nitrogens with zero attached hydrogens (tertiary/aromatic N) is 2. The van der Waals surface area contributed by atoms with Crippen LogP contribution in [0.5, 0.6) is 0 Å². The maximum absolute atomic E-state index is 12.3. The highest BCUT2D eigenvalue weighted by Crippen LogP contribution is 2.12. The van der Waals surface area contributed by atoms with Crippen molar-refractivity contribution < 1.29 is 9.59 Å². The SMILES string of the molecule is CN(C(=O)C(C=O)=Cc1ccccc1)c1ccccn1. The van der Waals surface area contributed by atoms with Crippen molar-refractivity contribution in [2.45, 2.75) is 0 Å². The number of carbonyl (C=O) groups excluding carboxylic acids is 2. The van der Waals surface area contributed by atoms with Gasteiger partial charge in [-0.1, -0.05) is 36.4 Å². The van der Waals surface area contributed by atoms with Crippen molar-refractivity contribution in [2.24, 2.45) is 0 Å². The maximum Gasteiger partial charge on any atom is 0.262 e. The third-order valence-corrected chi connectivity index (χ3v) is 2.79. The Morgan fingerprint density at radius 3 is 2.40 bits per heavy atom. The molecule has 0 fully saturated rings. The van der Waals surface area contributed by atoms with Crippen LogP contribution in [0, 0.1) is 0 Å². The Balaban J connectivity index is 2.26. The summed E-state index contributed by atoms with van der Waals surface area (Å²) >= 11 is 0. The summed E-state index contributed by atoms with van der Waals surface area (Å²) in [5.74, 6) is 0.112. The van der Waals surface area contributed by atoms with Crippen molar-refractivity contribution in [2.75, 3.05) is 11.9 Å². The summed E-state index contributed by atoms with van der Waals surface area (Å²) in [4.78, 5) is 28.9. The molecule has 2 aromatic rings. The number of anilines is 1. The van der Waals surface area contributed by atoms with Crippen LogP contribution in [0.1, 0.15) is 5.56 Å². The molecular weight excluding hydrogens is 252 g/mol. The zero-order valence-corrected chi connectivity index (χ0v) is 11.1. The highest BCUT2D eigenvalue weighted by atomic mass is 16.2. The molecule has 100 valence electrons. The third kappa shape index (κ3) is 3.17. The van der Waals surface area contributed by atoms with Gasteiger partial charge in [0.2, 0.25) is 0 Å². The summed E-state index contributed by atoms with van der Waals surface area (Å²) < 4.78 is 0. The number of aromatic nitrogens is 1. The zero-order chi connectivity index (χ0) is 14.4. The zero-order valence-electron chi connectivity index (χ0n) is 11.1. The molecule has 1 amide bonds. The first-order valence-corrected chi connectivity index (χ1v) is 6.13. The molecule has 0 aliphatic heterocycles. The molecule has 1 aromatic carbocycles. The lowest BCUT2D eigenvalue weighted by atomic mass is 10.1. The van der Waals surface area contributed by atoms with Gasteiger partial charge in [0.1, 0.15) is 5.82 Å². The van der Waals surface area contributed by atoms with Gasteiger partial charge in [0.15, 0.2) is 6.29 Å². The van der Waals surface area contributed by atoms with Gasteiger partial charge in [-0.3, -0.25) is 14.5 Å². The van der Waals surface area contributed by atoms with Crippen LogP contribution < -0.4 is 4.90 Å². The first kappa shape index (κ1) is 13.7. The van der Waals surface area contributed by atoms with E-state index in [0.717, 1.165) is 5.56 Å². The van der Waals surface area contributed by atoms with Crippen LogP contribution in [-0.4, -0.2) is 24.2 Å². The minimum absolute atomic E-state index is 0.0874. The molecule has 0 aliphatic rings. The van der Waals surface area contributed by atoms with Crippen molar-refractivity contribution in [1.29, 1.82) is 0 Å². The van der Waals surface area contributed by atoms with E-state index in [9.17, 15) is 9.59 Å². The van der Waals surface area contributed by atoms with E-state index in [-0.39, 0.29) is 11.5 Å². The van der Waals surface area contributed by atoms with Crippen molar-refractivity contribution in [3.63, 3.8) is 0 Å². The second kappa shape index (κ2) is 6.43. The summed E-state index contributed by atoms with van der Waals surface area (Å²) in [6.07, 6.45) is 3.73. The van der Waals surface area contributed by atoms with Gasteiger partial charge in [-0.15, -0.1) is 0 Å². The van der Waals surface area contributed by atoms with Crippen LogP contribution in [0.2, 0.25) is 0 Å². The lowest BCUT2D eigenvalue weighted by molar-refractivity contribution is -0.116. The highest BCUT2D eigenvalue weighted by molar-refractivity contribution is 6.20. The molecule has 0 spiro atoms. The number of aldehydes is 1. The molecule has 1 aromatic heterocycles. The second-order valence-corrected chi connectivity index (χ2v) is 4.18. The Morgan fingerprint density at radius 2 is 1.80 bits per heavy atom. The quantitative estimate of drug-likeness (QED) is 0.369. The monoisotopic (exact) mass is 266 g/mol. The van der Waals surface area contributed by atoms with Gasteiger partial charge in [0.05, 0.1) is 5.57 Å². The van der Waals surface area contributed by atoms with Gasteiger partial charge in [0, 0.05) is 13.2 Å². The Hall–Kier alpha value is -2.75. The molecule has 0 saturated carbocycles. The largest absolute Gasteiger partial charge is 0.298 e. The Bertz CT molecular complexity index is 621. The van der Waals surface area contributed by atoms with E-state index in [2.05, 4.69) is 4.98 Å². The van der Waals surface area contributed by atoms with Crippen LogP contribution >= 0.6 is 0 Å². The molecule has 20 heavy (non-hydrogen) atoms. The Kier molecular flexibility index (Phi) is 4.39. The number of pyridine rings is 1. The summed E-state index contributed by atoms with van der Waals surface area (Å²) in [5, 5.41) is 0. The number of rotatable bonds is 4. The lowest BCUT2D eigenvalue weighted by Crippen LogP contribution is -2.28. The molecule has 4 heteroatoms.